The van der Waals surface area contributed by atoms with E-state index < -0.39 is 0 Å². The minimum atomic E-state index is 0.602. The molecule has 268 valence electrons. The van der Waals surface area contributed by atoms with Crippen molar-refractivity contribution in [1.82, 2.24) is 4.98 Å². The summed E-state index contributed by atoms with van der Waals surface area (Å²) in [4.78, 5) is 7.53. The molecule has 0 aliphatic rings. The highest BCUT2D eigenvalue weighted by atomic mass is 32.1. The Hall–Kier alpha value is -7.27. The van der Waals surface area contributed by atoms with Crippen LogP contribution in [0, 0.1) is 0 Å². The monoisotopic (exact) mass is 746 g/mol. The van der Waals surface area contributed by atoms with E-state index >= 15 is 0 Å². The van der Waals surface area contributed by atoms with Crippen LogP contribution in [0.1, 0.15) is 0 Å². The van der Waals surface area contributed by atoms with E-state index in [0.29, 0.717) is 5.89 Å². The van der Waals surface area contributed by atoms with Gasteiger partial charge in [-0.2, -0.15) is 0 Å². The number of fused-ring (bicyclic) bond motifs is 5. The maximum atomic E-state index is 6.93. The summed E-state index contributed by atoms with van der Waals surface area (Å²) < 4.78 is 9.31. The van der Waals surface area contributed by atoms with E-state index in [1.165, 1.54) is 37.5 Å². The van der Waals surface area contributed by atoms with Crippen molar-refractivity contribution in [2.24, 2.45) is 0 Å². The van der Waals surface area contributed by atoms with Crippen molar-refractivity contribution in [2.45, 2.75) is 0 Å². The Kier molecular flexibility index (Phi) is 8.01. The van der Waals surface area contributed by atoms with E-state index in [4.69, 9.17) is 9.40 Å². The predicted octanol–water partition coefficient (Wildman–Crippen LogP) is 15.5. The largest absolute Gasteiger partial charge is 0.434 e. The molecule has 0 atom stereocenters. The SMILES string of the molecule is c1ccc(-c2ccc(N(c3ccc(-c4ccc5ccccc5c4)c(-c4ccccc4)c3)c3c4oc(-c5ccccc5)nc4cc4sc5ccccc5c34)cc2)cc1. The topological polar surface area (TPSA) is 29.3 Å². The van der Waals surface area contributed by atoms with Crippen LogP contribution < -0.4 is 4.90 Å². The fourth-order valence-corrected chi connectivity index (χ4v) is 9.29. The van der Waals surface area contributed by atoms with Crippen molar-refractivity contribution >= 4 is 70.4 Å². The Balaban J connectivity index is 1.21. The summed E-state index contributed by atoms with van der Waals surface area (Å²) in [5.41, 5.74) is 12.5. The molecule has 0 N–H and O–H groups in total. The van der Waals surface area contributed by atoms with Crippen molar-refractivity contribution < 1.29 is 4.42 Å². The first-order valence-electron chi connectivity index (χ1n) is 19.2. The van der Waals surface area contributed by atoms with Crippen molar-refractivity contribution in [2.75, 3.05) is 4.90 Å². The smallest absolute Gasteiger partial charge is 0.227 e. The summed E-state index contributed by atoms with van der Waals surface area (Å²) in [6.45, 7) is 0. The molecule has 0 saturated heterocycles. The maximum Gasteiger partial charge on any atom is 0.227 e. The number of anilines is 3. The summed E-state index contributed by atoms with van der Waals surface area (Å²) >= 11 is 1.80. The van der Waals surface area contributed by atoms with Gasteiger partial charge in [-0.25, -0.2) is 4.98 Å². The second-order valence-electron chi connectivity index (χ2n) is 14.3. The van der Waals surface area contributed by atoms with Gasteiger partial charge >= 0.3 is 0 Å². The molecule has 0 saturated carbocycles. The van der Waals surface area contributed by atoms with Crippen LogP contribution in [-0.4, -0.2) is 4.98 Å². The molecular weight excluding hydrogens is 713 g/mol. The number of aromatic nitrogens is 1. The molecule has 0 spiro atoms. The van der Waals surface area contributed by atoms with E-state index in [2.05, 4.69) is 193 Å². The number of hydrogen-bond acceptors (Lipinski definition) is 4. The molecule has 0 aliphatic heterocycles. The number of nitrogens with zero attached hydrogens (tertiary/aromatic N) is 2. The third-order valence-electron chi connectivity index (χ3n) is 10.9. The third-order valence-corrected chi connectivity index (χ3v) is 12.0. The van der Waals surface area contributed by atoms with E-state index in [0.717, 1.165) is 60.5 Å². The normalized spacial score (nSPS) is 11.5. The average molecular weight is 747 g/mol. The Morgan fingerprint density at radius 2 is 1.04 bits per heavy atom. The van der Waals surface area contributed by atoms with Crippen LogP contribution in [0.25, 0.3) is 86.9 Å². The van der Waals surface area contributed by atoms with Crippen LogP contribution in [0.4, 0.5) is 17.1 Å². The van der Waals surface area contributed by atoms with Gasteiger partial charge in [0.05, 0.1) is 0 Å². The van der Waals surface area contributed by atoms with Crippen LogP contribution in [-0.2, 0) is 0 Å². The minimum absolute atomic E-state index is 0.602. The summed E-state index contributed by atoms with van der Waals surface area (Å²) in [6, 6.07) is 73.5. The first kappa shape index (κ1) is 33.1. The highest BCUT2D eigenvalue weighted by molar-refractivity contribution is 7.26. The first-order chi connectivity index (χ1) is 28.2. The van der Waals surface area contributed by atoms with Gasteiger partial charge < -0.3 is 9.32 Å². The molecule has 2 aromatic heterocycles. The number of thiophene rings is 1. The molecule has 9 aromatic carbocycles. The molecule has 2 heterocycles. The molecule has 0 aliphatic carbocycles. The summed E-state index contributed by atoms with van der Waals surface area (Å²) in [7, 11) is 0. The fraction of sp³-hybridized carbons (Fsp3) is 0. The highest BCUT2D eigenvalue weighted by Crippen LogP contribution is 2.50. The van der Waals surface area contributed by atoms with Crippen molar-refractivity contribution in [3.63, 3.8) is 0 Å². The van der Waals surface area contributed by atoms with E-state index in [-0.39, 0.29) is 0 Å². The van der Waals surface area contributed by atoms with Crippen molar-refractivity contribution in [3.05, 3.63) is 206 Å². The van der Waals surface area contributed by atoms with Gasteiger partial charge in [-0.05, 0) is 98.8 Å². The van der Waals surface area contributed by atoms with Gasteiger partial charge in [0, 0.05) is 37.1 Å². The number of benzene rings is 9. The molecule has 0 amide bonds. The van der Waals surface area contributed by atoms with Gasteiger partial charge in [-0.1, -0.05) is 152 Å². The molecule has 11 aromatic rings. The third kappa shape index (κ3) is 5.86. The molecule has 0 bridgehead atoms. The van der Waals surface area contributed by atoms with Crippen molar-refractivity contribution in [3.8, 4) is 44.8 Å². The predicted molar refractivity (Wildman–Crippen MR) is 241 cm³/mol. The Labute approximate surface area is 334 Å². The van der Waals surface area contributed by atoms with Gasteiger partial charge in [0.2, 0.25) is 5.89 Å². The van der Waals surface area contributed by atoms with E-state index in [1.54, 1.807) is 11.3 Å². The standard InChI is InChI=1S/C53H34N2OS/c1-4-14-35(15-5-1)37-26-28-42(29-27-37)55(43-30-31-44(46(33-43)38-17-6-2-7-18-38)41-25-24-36-16-10-11-21-40(36)32-41)51-50-45-22-12-13-23-48(45)57-49(50)34-47-52(51)56-53(54-47)39-19-8-3-9-20-39/h1-34H. The Morgan fingerprint density at radius 1 is 0.421 bits per heavy atom. The van der Waals surface area contributed by atoms with E-state index in [9.17, 15) is 0 Å². The maximum absolute atomic E-state index is 6.93. The van der Waals surface area contributed by atoms with Gasteiger partial charge in [0.1, 0.15) is 11.2 Å². The summed E-state index contributed by atoms with van der Waals surface area (Å²) in [5.74, 6) is 0.602. The summed E-state index contributed by atoms with van der Waals surface area (Å²) in [6.07, 6.45) is 0. The van der Waals surface area contributed by atoms with Crippen LogP contribution in [0.2, 0.25) is 0 Å². The molecule has 57 heavy (non-hydrogen) atoms. The minimum Gasteiger partial charge on any atom is -0.434 e. The molecule has 3 nitrogen and oxygen atoms in total. The van der Waals surface area contributed by atoms with E-state index in [1.807, 2.05) is 18.2 Å². The van der Waals surface area contributed by atoms with Crippen molar-refractivity contribution in [1.29, 1.82) is 0 Å². The first-order valence-corrected chi connectivity index (χ1v) is 20.0. The zero-order chi connectivity index (χ0) is 37.7. The van der Waals surface area contributed by atoms with Gasteiger partial charge in [0.15, 0.2) is 5.58 Å². The van der Waals surface area contributed by atoms with Crippen LogP contribution in [0.15, 0.2) is 211 Å². The Morgan fingerprint density at radius 3 is 1.81 bits per heavy atom. The van der Waals surface area contributed by atoms with Gasteiger partial charge in [-0.15, -0.1) is 11.3 Å². The zero-order valence-electron chi connectivity index (χ0n) is 30.8. The molecule has 0 unspecified atom stereocenters. The van der Waals surface area contributed by atoms with Gasteiger partial charge in [-0.3, -0.25) is 0 Å². The van der Waals surface area contributed by atoms with Gasteiger partial charge in [0.25, 0.3) is 0 Å². The molecule has 4 heteroatoms. The lowest BCUT2D eigenvalue weighted by Gasteiger charge is -2.28. The second kappa shape index (κ2) is 13.8. The lowest BCUT2D eigenvalue weighted by molar-refractivity contribution is 0.620. The fourth-order valence-electron chi connectivity index (χ4n) is 8.14. The number of rotatable bonds is 7. The lowest BCUT2D eigenvalue weighted by atomic mass is 9.92. The molecule has 0 radical (unpaired) electrons. The van der Waals surface area contributed by atoms with Crippen LogP contribution >= 0.6 is 11.3 Å². The molecule has 11 rings (SSSR count). The average Bonchev–Trinajstić information content (AvgIpc) is 3.89. The zero-order valence-corrected chi connectivity index (χ0v) is 31.7. The molecular formula is C53H34N2OS. The molecule has 0 fully saturated rings. The number of hydrogen-bond donors (Lipinski definition) is 0. The second-order valence-corrected chi connectivity index (χ2v) is 15.4. The van der Waals surface area contributed by atoms with Crippen LogP contribution in [0.5, 0.6) is 0 Å². The highest BCUT2D eigenvalue weighted by Gasteiger charge is 2.26. The number of oxazole rings is 1. The Bertz CT molecular complexity index is 3220. The van der Waals surface area contributed by atoms with Crippen LogP contribution in [0.3, 0.4) is 0 Å². The summed E-state index contributed by atoms with van der Waals surface area (Å²) in [5, 5.41) is 4.78. The lowest BCUT2D eigenvalue weighted by Crippen LogP contribution is -2.11. The quantitative estimate of drug-likeness (QED) is 0.163.